The number of nitrogens with zero attached hydrogens (tertiary/aromatic N) is 1. The molecule has 0 saturated heterocycles. The standard InChI is InChI=1S/C7H13F3N2/c1-12(5-2-3-5)6(4-11)7(8,9)10/h5-6H,2-4,11H2,1H3. The molecule has 0 radical (unpaired) electrons. The van der Waals surface area contributed by atoms with E-state index in [-0.39, 0.29) is 12.6 Å². The van der Waals surface area contributed by atoms with Gasteiger partial charge < -0.3 is 5.73 Å². The normalized spacial score (nSPS) is 21.5. The quantitative estimate of drug-likeness (QED) is 0.704. The Labute approximate surface area is 69.5 Å². The van der Waals surface area contributed by atoms with Gasteiger partial charge >= 0.3 is 6.18 Å². The monoisotopic (exact) mass is 182 g/mol. The van der Waals surface area contributed by atoms with Crippen LogP contribution in [0.4, 0.5) is 13.2 Å². The Bertz CT molecular complexity index is 153. The highest BCUT2D eigenvalue weighted by Gasteiger charge is 2.45. The van der Waals surface area contributed by atoms with Crippen LogP contribution in [0, 0.1) is 0 Å². The van der Waals surface area contributed by atoms with Crippen LogP contribution in [0.1, 0.15) is 12.8 Å². The van der Waals surface area contributed by atoms with Gasteiger partial charge in [0.25, 0.3) is 0 Å². The zero-order valence-corrected chi connectivity index (χ0v) is 6.93. The summed E-state index contributed by atoms with van der Waals surface area (Å²) in [6, 6.07) is -1.37. The Balaban J connectivity index is 2.53. The van der Waals surface area contributed by atoms with Crippen molar-refractivity contribution >= 4 is 0 Å². The van der Waals surface area contributed by atoms with E-state index >= 15 is 0 Å². The molecule has 2 N–H and O–H groups in total. The highest BCUT2D eigenvalue weighted by Crippen LogP contribution is 2.32. The van der Waals surface area contributed by atoms with Gasteiger partial charge in [-0.15, -0.1) is 0 Å². The first-order valence-electron chi connectivity index (χ1n) is 3.95. The Kier molecular flexibility index (Phi) is 2.63. The first kappa shape index (κ1) is 9.80. The molecular weight excluding hydrogens is 169 g/mol. The van der Waals surface area contributed by atoms with E-state index in [1.807, 2.05) is 0 Å². The van der Waals surface area contributed by atoms with Crippen LogP contribution < -0.4 is 5.73 Å². The molecule has 0 aliphatic heterocycles. The maximum atomic E-state index is 12.2. The first-order chi connectivity index (χ1) is 5.46. The van der Waals surface area contributed by atoms with E-state index in [1.54, 1.807) is 0 Å². The minimum absolute atomic E-state index is 0.0974. The zero-order valence-electron chi connectivity index (χ0n) is 6.93. The maximum absolute atomic E-state index is 12.2. The van der Waals surface area contributed by atoms with Gasteiger partial charge in [0.15, 0.2) is 0 Å². The van der Waals surface area contributed by atoms with E-state index in [2.05, 4.69) is 0 Å². The Morgan fingerprint density at radius 2 is 2.00 bits per heavy atom. The van der Waals surface area contributed by atoms with E-state index in [4.69, 9.17) is 5.73 Å². The molecule has 0 bridgehead atoms. The summed E-state index contributed by atoms with van der Waals surface area (Å²) >= 11 is 0. The molecule has 1 aliphatic rings. The molecule has 0 aromatic carbocycles. The van der Waals surface area contributed by atoms with Crippen molar-refractivity contribution in [2.75, 3.05) is 13.6 Å². The molecule has 2 nitrogen and oxygen atoms in total. The minimum atomic E-state index is -4.19. The number of nitrogens with two attached hydrogens (primary N) is 1. The van der Waals surface area contributed by atoms with Crippen LogP contribution in [0.3, 0.4) is 0 Å². The van der Waals surface area contributed by atoms with Gasteiger partial charge in [-0.2, -0.15) is 13.2 Å². The smallest absolute Gasteiger partial charge is 0.329 e. The number of hydrogen-bond donors (Lipinski definition) is 1. The summed E-state index contributed by atoms with van der Waals surface area (Å²) in [5, 5.41) is 0. The lowest BCUT2D eigenvalue weighted by Crippen LogP contribution is -2.49. The lowest BCUT2D eigenvalue weighted by Gasteiger charge is -2.28. The van der Waals surface area contributed by atoms with Crippen LogP contribution in [0.5, 0.6) is 0 Å². The van der Waals surface area contributed by atoms with Crippen molar-refractivity contribution < 1.29 is 13.2 Å². The molecule has 0 aromatic rings. The lowest BCUT2D eigenvalue weighted by molar-refractivity contribution is -0.178. The van der Waals surface area contributed by atoms with E-state index in [9.17, 15) is 13.2 Å². The first-order valence-corrected chi connectivity index (χ1v) is 3.95. The van der Waals surface area contributed by atoms with Crippen molar-refractivity contribution in [3.8, 4) is 0 Å². The summed E-state index contributed by atoms with van der Waals surface area (Å²) in [6.45, 7) is -0.351. The summed E-state index contributed by atoms with van der Waals surface area (Å²) in [7, 11) is 1.49. The van der Waals surface area contributed by atoms with E-state index in [0.29, 0.717) is 0 Å². The molecule has 0 aromatic heterocycles. The van der Waals surface area contributed by atoms with Gasteiger partial charge in [0.05, 0.1) is 0 Å². The van der Waals surface area contributed by atoms with Crippen LogP contribution in [-0.2, 0) is 0 Å². The Morgan fingerprint density at radius 1 is 1.50 bits per heavy atom. The largest absolute Gasteiger partial charge is 0.405 e. The second kappa shape index (κ2) is 3.22. The highest BCUT2D eigenvalue weighted by atomic mass is 19.4. The van der Waals surface area contributed by atoms with E-state index in [1.165, 1.54) is 11.9 Å². The van der Waals surface area contributed by atoms with Crippen LogP contribution >= 0.6 is 0 Å². The van der Waals surface area contributed by atoms with E-state index < -0.39 is 12.2 Å². The molecule has 5 heteroatoms. The summed E-state index contributed by atoms with van der Waals surface area (Å²) in [5.74, 6) is 0. The fourth-order valence-electron chi connectivity index (χ4n) is 1.27. The molecule has 72 valence electrons. The number of halogens is 3. The SMILES string of the molecule is CN(C1CC1)C(CN)C(F)(F)F. The van der Waals surface area contributed by atoms with Crippen molar-refractivity contribution in [3.63, 3.8) is 0 Å². The predicted octanol–water partition coefficient (Wildman–Crippen LogP) is 0.970. The molecule has 1 unspecified atom stereocenters. The maximum Gasteiger partial charge on any atom is 0.405 e. The second-order valence-electron chi connectivity index (χ2n) is 3.19. The van der Waals surface area contributed by atoms with Gasteiger partial charge in [-0.3, -0.25) is 4.90 Å². The molecule has 1 rings (SSSR count). The van der Waals surface area contributed by atoms with Gasteiger partial charge in [0.1, 0.15) is 6.04 Å². The van der Waals surface area contributed by atoms with Gasteiger partial charge in [0, 0.05) is 12.6 Å². The highest BCUT2D eigenvalue weighted by molar-refractivity contribution is 4.89. The molecule has 1 saturated carbocycles. The van der Waals surface area contributed by atoms with Crippen LogP contribution in [0.2, 0.25) is 0 Å². The third kappa shape index (κ3) is 2.10. The number of alkyl halides is 3. The van der Waals surface area contributed by atoms with Crippen LogP contribution in [-0.4, -0.2) is 36.8 Å². The number of hydrogen-bond acceptors (Lipinski definition) is 2. The summed E-state index contributed by atoms with van der Waals surface area (Å²) in [5.41, 5.74) is 5.06. The average Bonchev–Trinajstić information content (AvgIpc) is 2.65. The van der Waals surface area contributed by atoms with Gasteiger partial charge in [-0.05, 0) is 19.9 Å². The molecular formula is C7H13F3N2. The summed E-state index contributed by atoms with van der Waals surface area (Å²) in [4.78, 5) is 1.33. The average molecular weight is 182 g/mol. The second-order valence-corrected chi connectivity index (χ2v) is 3.19. The molecule has 0 amide bonds. The third-order valence-electron chi connectivity index (χ3n) is 2.22. The minimum Gasteiger partial charge on any atom is -0.329 e. The van der Waals surface area contributed by atoms with Crippen LogP contribution in [0.25, 0.3) is 0 Å². The zero-order chi connectivity index (χ0) is 9.35. The molecule has 1 fully saturated rings. The number of likely N-dealkylation sites (N-methyl/N-ethyl adjacent to an activating group) is 1. The molecule has 0 spiro atoms. The van der Waals surface area contributed by atoms with Crippen molar-refractivity contribution in [1.29, 1.82) is 0 Å². The van der Waals surface area contributed by atoms with Crippen molar-refractivity contribution in [3.05, 3.63) is 0 Å². The summed E-state index contributed by atoms with van der Waals surface area (Å²) < 4.78 is 36.7. The fourth-order valence-corrected chi connectivity index (χ4v) is 1.27. The Morgan fingerprint density at radius 3 is 2.25 bits per heavy atom. The van der Waals surface area contributed by atoms with Crippen LogP contribution in [0.15, 0.2) is 0 Å². The van der Waals surface area contributed by atoms with Crippen molar-refractivity contribution in [2.24, 2.45) is 5.73 Å². The molecule has 1 aliphatic carbocycles. The van der Waals surface area contributed by atoms with E-state index in [0.717, 1.165) is 12.8 Å². The van der Waals surface area contributed by atoms with Gasteiger partial charge in [-0.1, -0.05) is 0 Å². The third-order valence-corrected chi connectivity index (χ3v) is 2.22. The van der Waals surface area contributed by atoms with Gasteiger partial charge in [-0.25, -0.2) is 0 Å². The van der Waals surface area contributed by atoms with Crippen molar-refractivity contribution in [2.45, 2.75) is 31.1 Å². The lowest BCUT2D eigenvalue weighted by atomic mass is 10.2. The molecule has 1 atom stereocenters. The number of rotatable bonds is 3. The molecule has 0 heterocycles. The van der Waals surface area contributed by atoms with Gasteiger partial charge in [0.2, 0.25) is 0 Å². The Hall–Kier alpha value is -0.290. The fraction of sp³-hybridized carbons (Fsp3) is 1.00. The molecule has 12 heavy (non-hydrogen) atoms. The topological polar surface area (TPSA) is 29.3 Å². The summed E-state index contributed by atoms with van der Waals surface area (Å²) in [6.07, 6.45) is -2.46. The van der Waals surface area contributed by atoms with Crippen molar-refractivity contribution in [1.82, 2.24) is 4.90 Å². The predicted molar refractivity (Wildman–Crippen MR) is 39.7 cm³/mol.